The highest BCUT2D eigenvalue weighted by atomic mass is 32.2. The van der Waals surface area contributed by atoms with Gasteiger partial charge in [-0.05, 0) is 48.4 Å². The molecule has 0 fully saturated rings. The summed E-state index contributed by atoms with van der Waals surface area (Å²) in [6, 6.07) is 12.3. The summed E-state index contributed by atoms with van der Waals surface area (Å²) < 4.78 is 27.2. The molecule has 132 valence electrons. The average molecular weight is 361 g/mol. The Morgan fingerprint density at radius 1 is 1.00 bits per heavy atom. The Hall–Kier alpha value is -2.87. The summed E-state index contributed by atoms with van der Waals surface area (Å²) in [6.45, 7) is 1.93. The molecule has 2 aromatic carbocycles. The Bertz CT molecular complexity index is 860. The number of amides is 2. The van der Waals surface area contributed by atoms with Crippen molar-refractivity contribution in [3.8, 4) is 0 Å². The molecule has 0 spiro atoms. The van der Waals surface area contributed by atoms with Crippen LogP contribution >= 0.6 is 0 Å². The SMILES string of the molecule is CC(=O)NCCc1ccc(S(=O)(=O)Nc2ccc(C(N)=O)cc2)cc1. The lowest BCUT2D eigenvalue weighted by molar-refractivity contribution is -0.118. The van der Waals surface area contributed by atoms with Crippen molar-refractivity contribution in [3.63, 3.8) is 0 Å². The highest BCUT2D eigenvalue weighted by Gasteiger charge is 2.14. The molecule has 0 saturated carbocycles. The number of nitrogens with one attached hydrogen (secondary N) is 2. The van der Waals surface area contributed by atoms with E-state index < -0.39 is 15.9 Å². The van der Waals surface area contributed by atoms with E-state index in [0.29, 0.717) is 24.2 Å². The minimum absolute atomic E-state index is 0.106. The van der Waals surface area contributed by atoms with E-state index in [2.05, 4.69) is 10.0 Å². The second-order valence-electron chi connectivity index (χ2n) is 5.42. The zero-order chi connectivity index (χ0) is 18.4. The van der Waals surface area contributed by atoms with Crippen molar-refractivity contribution >= 4 is 27.5 Å². The number of nitrogens with two attached hydrogens (primary N) is 1. The van der Waals surface area contributed by atoms with E-state index in [4.69, 9.17) is 5.73 Å². The number of hydrogen-bond donors (Lipinski definition) is 3. The quantitative estimate of drug-likeness (QED) is 0.688. The number of anilines is 1. The van der Waals surface area contributed by atoms with Crippen LogP contribution in [0.1, 0.15) is 22.8 Å². The molecule has 0 radical (unpaired) electrons. The van der Waals surface area contributed by atoms with Crippen LogP contribution in [-0.4, -0.2) is 26.8 Å². The zero-order valence-electron chi connectivity index (χ0n) is 13.7. The number of primary amides is 1. The molecule has 0 heterocycles. The van der Waals surface area contributed by atoms with Gasteiger partial charge >= 0.3 is 0 Å². The van der Waals surface area contributed by atoms with Gasteiger partial charge in [-0.15, -0.1) is 0 Å². The van der Waals surface area contributed by atoms with Gasteiger partial charge in [0.1, 0.15) is 0 Å². The van der Waals surface area contributed by atoms with E-state index in [1.165, 1.54) is 43.3 Å². The van der Waals surface area contributed by atoms with Gasteiger partial charge in [-0.3, -0.25) is 14.3 Å². The van der Waals surface area contributed by atoms with Crippen molar-refractivity contribution in [1.29, 1.82) is 0 Å². The van der Waals surface area contributed by atoms with Crippen molar-refractivity contribution in [2.75, 3.05) is 11.3 Å². The van der Waals surface area contributed by atoms with E-state index >= 15 is 0 Å². The molecule has 0 bridgehead atoms. The van der Waals surface area contributed by atoms with Crippen LogP contribution in [0.2, 0.25) is 0 Å². The Morgan fingerprint density at radius 3 is 2.12 bits per heavy atom. The summed E-state index contributed by atoms with van der Waals surface area (Å²) >= 11 is 0. The van der Waals surface area contributed by atoms with Crippen LogP contribution in [0.4, 0.5) is 5.69 Å². The van der Waals surface area contributed by atoms with E-state index in [1.54, 1.807) is 12.1 Å². The molecule has 25 heavy (non-hydrogen) atoms. The van der Waals surface area contributed by atoms with Crippen molar-refractivity contribution in [2.45, 2.75) is 18.2 Å². The molecule has 0 atom stereocenters. The number of benzene rings is 2. The largest absolute Gasteiger partial charge is 0.366 e. The van der Waals surface area contributed by atoms with Crippen LogP contribution in [0, 0.1) is 0 Å². The lowest BCUT2D eigenvalue weighted by Gasteiger charge is -2.09. The zero-order valence-corrected chi connectivity index (χ0v) is 14.5. The molecule has 0 saturated heterocycles. The number of hydrogen-bond acceptors (Lipinski definition) is 4. The molecule has 2 rings (SSSR count). The van der Waals surface area contributed by atoms with Crippen molar-refractivity contribution in [3.05, 3.63) is 59.7 Å². The summed E-state index contributed by atoms with van der Waals surface area (Å²) in [4.78, 5) is 22.0. The predicted octanol–water partition coefficient (Wildman–Crippen LogP) is 1.26. The Kier molecular flexibility index (Phi) is 5.76. The monoisotopic (exact) mass is 361 g/mol. The predicted molar refractivity (Wildman–Crippen MR) is 94.6 cm³/mol. The molecule has 4 N–H and O–H groups in total. The van der Waals surface area contributed by atoms with Gasteiger partial charge in [0.05, 0.1) is 4.90 Å². The van der Waals surface area contributed by atoms with E-state index in [1.807, 2.05) is 0 Å². The van der Waals surface area contributed by atoms with Gasteiger partial charge in [0.15, 0.2) is 0 Å². The summed E-state index contributed by atoms with van der Waals surface area (Å²) in [5.74, 6) is -0.685. The molecular weight excluding hydrogens is 342 g/mol. The first-order valence-corrected chi connectivity index (χ1v) is 9.02. The summed E-state index contributed by atoms with van der Waals surface area (Å²) in [5, 5.41) is 2.68. The molecule has 7 nitrogen and oxygen atoms in total. The number of sulfonamides is 1. The van der Waals surface area contributed by atoms with E-state index in [0.717, 1.165) is 5.56 Å². The first kappa shape index (κ1) is 18.5. The Morgan fingerprint density at radius 2 is 1.60 bits per heavy atom. The van der Waals surface area contributed by atoms with Gasteiger partial charge in [-0.2, -0.15) is 0 Å². The fraction of sp³-hybridized carbons (Fsp3) is 0.176. The van der Waals surface area contributed by atoms with Crippen LogP contribution in [0.3, 0.4) is 0 Å². The van der Waals surface area contributed by atoms with Gasteiger partial charge in [0, 0.05) is 24.7 Å². The molecule has 0 aliphatic carbocycles. The number of rotatable bonds is 7. The van der Waals surface area contributed by atoms with Gasteiger partial charge in [-0.1, -0.05) is 12.1 Å². The molecule has 0 aliphatic heterocycles. The minimum Gasteiger partial charge on any atom is -0.366 e. The number of carbonyl (C=O) groups is 2. The maximum atomic E-state index is 12.4. The summed E-state index contributed by atoms with van der Waals surface area (Å²) in [6.07, 6.45) is 0.613. The van der Waals surface area contributed by atoms with Crippen molar-refractivity contribution < 1.29 is 18.0 Å². The smallest absolute Gasteiger partial charge is 0.261 e. The third kappa shape index (κ3) is 5.32. The molecule has 8 heteroatoms. The average Bonchev–Trinajstić information content (AvgIpc) is 2.55. The number of carbonyl (C=O) groups excluding carboxylic acids is 2. The summed E-state index contributed by atoms with van der Waals surface area (Å²) in [5.41, 5.74) is 6.69. The first-order chi connectivity index (χ1) is 11.8. The van der Waals surface area contributed by atoms with Crippen LogP contribution < -0.4 is 15.8 Å². The second kappa shape index (κ2) is 7.80. The third-order valence-electron chi connectivity index (χ3n) is 3.44. The Balaban J connectivity index is 2.06. The standard InChI is InChI=1S/C17H19N3O4S/c1-12(21)19-11-10-13-2-8-16(9-3-13)25(23,24)20-15-6-4-14(5-7-15)17(18)22/h2-9,20H,10-11H2,1H3,(H2,18,22)(H,19,21). The molecule has 2 amide bonds. The van der Waals surface area contributed by atoms with E-state index in [9.17, 15) is 18.0 Å². The van der Waals surface area contributed by atoms with Crippen molar-refractivity contribution in [1.82, 2.24) is 5.32 Å². The van der Waals surface area contributed by atoms with Crippen LogP contribution in [-0.2, 0) is 21.2 Å². The third-order valence-corrected chi connectivity index (χ3v) is 4.84. The maximum Gasteiger partial charge on any atom is 0.261 e. The highest BCUT2D eigenvalue weighted by molar-refractivity contribution is 7.92. The topological polar surface area (TPSA) is 118 Å². The molecular formula is C17H19N3O4S. The van der Waals surface area contributed by atoms with Gasteiger partial charge in [-0.25, -0.2) is 8.42 Å². The van der Waals surface area contributed by atoms with Crippen LogP contribution in [0.5, 0.6) is 0 Å². The van der Waals surface area contributed by atoms with Gasteiger partial charge < -0.3 is 11.1 Å². The fourth-order valence-electron chi connectivity index (χ4n) is 2.13. The van der Waals surface area contributed by atoms with Crippen molar-refractivity contribution in [2.24, 2.45) is 5.73 Å². The highest BCUT2D eigenvalue weighted by Crippen LogP contribution is 2.17. The lowest BCUT2D eigenvalue weighted by Crippen LogP contribution is -2.22. The van der Waals surface area contributed by atoms with Crippen LogP contribution in [0.25, 0.3) is 0 Å². The Labute approximate surface area is 146 Å². The fourth-order valence-corrected chi connectivity index (χ4v) is 3.19. The molecule has 0 aromatic heterocycles. The summed E-state index contributed by atoms with van der Waals surface area (Å²) in [7, 11) is -3.73. The molecule has 0 unspecified atom stereocenters. The van der Waals surface area contributed by atoms with Gasteiger partial charge in [0.2, 0.25) is 11.8 Å². The second-order valence-corrected chi connectivity index (χ2v) is 7.11. The molecule has 0 aliphatic rings. The normalized spacial score (nSPS) is 10.9. The van der Waals surface area contributed by atoms with Gasteiger partial charge in [0.25, 0.3) is 10.0 Å². The molecule has 2 aromatic rings. The first-order valence-electron chi connectivity index (χ1n) is 7.54. The minimum atomic E-state index is -3.73. The maximum absolute atomic E-state index is 12.4. The van der Waals surface area contributed by atoms with Crippen LogP contribution in [0.15, 0.2) is 53.4 Å². The van der Waals surface area contributed by atoms with E-state index in [-0.39, 0.29) is 10.8 Å². The lowest BCUT2D eigenvalue weighted by atomic mass is 10.1.